The van der Waals surface area contributed by atoms with Crippen molar-refractivity contribution in [3.8, 4) is 0 Å². The summed E-state index contributed by atoms with van der Waals surface area (Å²) >= 11 is 0. The van der Waals surface area contributed by atoms with Gasteiger partial charge in [0, 0.05) is 31.7 Å². The summed E-state index contributed by atoms with van der Waals surface area (Å²) < 4.78 is 29.8. The number of amides is 2. The van der Waals surface area contributed by atoms with Gasteiger partial charge in [0.15, 0.2) is 0 Å². The van der Waals surface area contributed by atoms with Crippen molar-refractivity contribution >= 4 is 23.7 Å². The van der Waals surface area contributed by atoms with Crippen LogP contribution in [-0.4, -0.2) is 33.7 Å². The van der Waals surface area contributed by atoms with Crippen LogP contribution in [0.4, 0.5) is 4.39 Å². The SMILES string of the molecule is [2H]C([2H])(NC(=O)c1cc(C(=O)NCc2ccc(C3=NN=CC3)cc2)ncn1)c1ccc(F)c(C)c1. The Kier molecular flexibility index (Phi) is 5.83. The molecule has 1 aromatic heterocycles. The molecule has 0 saturated heterocycles. The summed E-state index contributed by atoms with van der Waals surface area (Å²) in [5.41, 5.74) is 2.80. The van der Waals surface area contributed by atoms with Crippen LogP contribution in [0, 0.1) is 12.7 Å². The Labute approximate surface area is 192 Å². The number of nitrogens with one attached hydrogen (secondary N) is 2. The van der Waals surface area contributed by atoms with Crippen LogP contribution in [0.15, 0.2) is 65.1 Å². The summed E-state index contributed by atoms with van der Waals surface area (Å²) in [4.78, 5) is 32.9. The standard InChI is InChI=1S/C24H21FN6O2/c1-15-10-17(4-7-19(15)25)13-27-24(33)22-11-21(28-14-29-22)23(32)26-12-16-2-5-18(6-3-16)20-8-9-30-31-20/h2-7,9-11,14H,8,12-13H2,1H3,(H,26,32)(H,27,33)/i13D2. The highest BCUT2D eigenvalue weighted by Gasteiger charge is 2.14. The molecule has 0 bridgehead atoms. The van der Waals surface area contributed by atoms with Crippen molar-refractivity contribution < 1.29 is 16.7 Å². The average Bonchev–Trinajstić information content (AvgIpc) is 3.39. The fraction of sp³-hybridized carbons (Fsp3) is 0.167. The Morgan fingerprint density at radius 3 is 2.36 bits per heavy atom. The molecule has 0 spiro atoms. The van der Waals surface area contributed by atoms with E-state index in [0.717, 1.165) is 29.2 Å². The molecule has 0 atom stereocenters. The maximum atomic E-state index is 13.5. The number of hydrogen-bond acceptors (Lipinski definition) is 6. The smallest absolute Gasteiger partial charge is 0.270 e. The molecule has 3 aromatic rings. The second kappa shape index (κ2) is 9.90. The van der Waals surface area contributed by atoms with Crippen molar-refractivity contribution in [2.75, 3.05) is 0 Å². The van der Waals surface area contributed by atoms with Gasteiger partial charge in [-0.05, 0) is 35.2 Å². The van der Waals surface area contributed by atoms with Crippen LogP contribution in [0.1, 0.15) is 52.4 Å². The maximum absolute atomic E-state index is 13.5. The Hall–Kier alpha value is -4.27. The lowest BCUT2D eigenvalue weighted by atomic mass is 10.1. The fourth-order valence-electron chi connectivity index (χ4n) is 3.06. The number of carbonyl (C=O) groups is 2. The van der Waals surface area contributed by atoms with Gasteiger partial charge in [0.05, 0.1) is 8.45 Å². The number of halogens is 1. The molecule has 0 unspecified atom stereocenters. The summed E-state index contributed by atoms with van der Waals surface area (Å²) in [5, 5.41) is 12.8. The summed E-state index contributed by atoms with van der Waals surface area (Å²) in [6.45, 7) is -0.550. The number of rotatable bonds is 7. The van der Waals surface area contributed by atoms with Crippen molar-refractivity contribution in [1.29, 1.82) is 0 Å². The van der Waals surface area contributed by atoms with Gasteiger partial charge >= 0.3 is 0 Å². The highest BCUT2D eigenvalue weighted by atomic mass is 19.1. The number of aryl methyl sites for hydroxylation is 1. The Balaban J connectivity index is 1.39. The van der Waals surface area contributed by atoms with E-state index in [-0.39, 0.29) is 29.1 Å². The van der Waals surface area contributed by atoms with E-state index in [4.69, 9.17) is 2.74 Å². The van der Waals surface area contributed by atoms with Crippen LogP contribution >= 0.6 is 0 Å². The van der Waals surface area contributed by atoms with Gasteiger partial charge in [-0.25, -0.2) is 14.4 Å². The van der Waals surface area contributed by atoms with Crippen LogP contribution in [-0.2, 0) is 13.0 Å². The highest BCUT2D eigenvalue weighted by molar-refractivity contribution is 6.09. The summed E-state index contributed by atoms with van der Waals surface area (Å²) in [6, 6.07) is 12.4. The van der Waals surface area contributed by atoms with E-state index in [1.54, 1.807) is 6.21 Å². The van der Waals surface area contributed by atoms with E-state index >= 15 is 0 Å². The highest BCUT2D eigenvalue weighted by Crippen LogP contribution is 2.11. The molecule has 4 rings (SSSR count). The normalized spacial score (nSPS) is 13.7. The molecule has 1 aliphatic rings. The first-order chi connectivity index (χ1) is 16.7. The zero-order valence-corrected chi connectivity index (χ0v) is 17.7. The number of hydrogen-bond donors (Lipinski definition) is 2. The molecule has 2 amide bonds. The third-order valence-corrected chi connectivity index (χ3v) is 4.90. The topological polar surface area (TPSA) is 109 Å². The molecule has 8 nitrogen and oxygen atoms in total. The van der Waals surface area contributed by atoms with E-state index in [1.165, 1.54) is 25.1 Å². The third kappa shape index (κ3) is 5.51. The minimum absolute atomic E-state index is 0.0441. The van der Waals surface area contributed by atoms with Gasteiger partial charge in [0.1, 0.15) is 23.5 Å². The molecular weight excluding hydrogens is 423 g/mol. The van der Waals surface area contributed by atoms with Gasteiger partial charge in [0.25, 0.3) is 11.8 Å². The van der Waals surface area contributed by atoms with Gasteiger partial charge in [-0.15, -0.1) is 0 Å². The molecule has 1 aliphatic heterocycles. The fourth-order valence-corrected chi connectivity index (χ4v) is 3.06. The minimum Gasteiger partial charge on any atom is -0.347 e. The molecule has 0 radical (unpaired) electrons. The predicted octanol–water partition coefficient (Wildman–Crippen LogP) is 2.96. The van der Waals surface area contributed by atoms with E-state index in [9.17, 15) is 14.0 Å². The molecule has 0 aliphatic carbocycles. The lowest BCUT2D eigenvalue weighted by molar-refractivity contribution is 0.0944. The van der Waals surface area contributed by atoms with Crippen molar-refractivity contribution in [2.45, 2.75) is 26.4 Å². The van der Waals surface area contributed by atoms with Crippen LogP contribution in [0.2, 0.25) is 0 Å². The third-order valence-electron chi connectivity index (χ3n) is 4.90. The minimum atomic E-state index is -2.29. The molecule has 2 N–H and O–H groups in total. The van der Waals surface area contributed by atoms with Gasteiger partial charge in [-0.3, -0.25) is 9.59 Å². The summed E-state index contributed by atoms with van der Waals surface area (Å²) in [6.07, 6.45) is 3.48. The van der Waals surface area contributed by atoms with E-state index in [0.29, 0.717) is 6.42 Å². The Morgan fingerprint density at radius 1 is 1.00 bits per heavy atom. The van der Waals surface area contributed by atoms with Crippen LogP contribution < -0.4 is 10.6 Å². The lowest BCUT2D eigenvalue weighted by Gasteiger charge is -2.08. The molecule has 166 valence electrons. The molecule has 0 saturated carbocycles. The lowest BCUT2D eigenvalue weighted by Crippen LogP contribution is -2.27. The van der Waals surface area contributed by atoms with Gasteiger partial charge in [-0.2, -0.15) is 10.2 Å². The first kappa shape index (κ1) is 19.4. The molecule has 33 heavy (non-hydrogen) atoms. The number of nitrogens with zero attached hydrogens (tertiary/aromatic N) is 4. The number of benzene rings is 2. The second-order valence-electron chi connectivity index (χ2n) is 7.26. The van der Waals surface area contributed by atoms with Gasteiger partial charge in [-0.1, -0.05) is 36.4 Å². The zero-order valence-electron chi connectivity index (χ0n) is 19.7. The first-order valence-electron chi connectivity index (χ1n) is 11.1. The van der Waals surface area contributed by atoms with Crippen molar-refractivity contribution in [2.24, 2.45) is 10.2 Å². The Morgan fingerprint density at radius 2 is 1.70 bits per heavy atom. The number of aromatic nitrogens is 2. The average molecular weight is 446 g/mol. The quantitative estimate of drug-likeness (QED) is 0.582. The van der Waals surface area contributed by atoms with Gasteiger partial charge < -0.3 is 10.6 Å². The monoisotopic (exact) mass is 446 g/mol. The molecule has 9 heteroatoms. The van der Waals surface area contributed by atoms with E-state index in [1.807, 2.05) is 24.3 Å². The Bertz CT molecular complexity index is 1340. The van der Waals surface area contributed by atoms with Crippen LogP contribution in [0.3, 0.4) is 0 Å². The maximum Gasteiger partial charge on any atom is 0.270 e. The van der Waals surface area contributed by atoms with E-state index < -0.39 is 24.1 Å². The van der Waals surface area contributed by atoms with Crippen molar-refractivity contribution in [1.82, 2.24) is 20.6 Å². The summed E-state index contributed by atoms with van der Waals surface area (Å²) in [5.74, 6) is -1.84. The van der Waals surface area contributed by atoms with Crippen LogP contribution in [0.5, 0.6) is 0 Å². The summed E-state index contributed by atoms with van der Waals surface area (Å²) in [7, 11) is 0. The van der Waals surface area contributed by atoms with Crippen molar-refractivity contribution in [3.63, 3.8) is 0 Å². The largest absolute Gasteiger partial charge is 0.347 e. The molecular formula is C24H21FN6O2. The van der Waals surface area contributed by atoms with Crippen LogP contribution in [0.25, 0.3) is 0 Å². The first-order valence-corrected chi connectivity index (χ1v) is 10.1. The zero-order chi connectivity index (χ0) is 25.0. The van der Waals surface area contributed by atoms with Gasteiger partial charge in [0.2, 0.25) is 0 Å². The molecule has 2 aromatic carbocycles. The van der Waals surface area contributed by atoms with Crippen molar-refractivity contribution in [3.05, 3.63) is 94.3 Å². The predicted molar refractivity (Wildman–Crippen MR) is 122 cm³/mol. The van der Waals surface area contributed by atoms with E-state index in [2.05, 4.69) is 30.8 Å². The number of carbonyl (C=O) groups excluding carboxylic acids is 2. The second-order valence-corrected chi connectivity index (χ2v) is 7.26. The molecule has 2 heterocycles. The molecule has 0 fully saturated rings.